The number of carbonyl (C=O) groups excluding carboxylic acids is 1. The average molecular weight is 300 g/mol. The number of imidazole rings is 1. The van der Waals surface area contributed by atoms with Crippen LogP contribution in [0.4, 0.5) is 18.0 Å². The third-order valence-corrected chi connectivity index (χ3v) is 2.53. The molecule has 2 aromatic rings. The number of carbonyl (C=O) groups is 1. The fourth-order valence-electron chi connectivity index (χ4n) is 1.61. The van der Waals surface area contributed by atoms with Crippen molar-refractivity contribution in [3.8, 4) is 0 Å². The molecule has 0 aromatic carbocycles. The van der Waals surface area contributed by atoms with E-state index in [0.717, 1.165) is 12.3 Å². The van der Waals surface area contributed by atoms with Crippen LogP contribution in [0.3, 0.4) is 0 Å². The van der Waals surface area contributed by atoms with Crippen LogP contribution in [0, 0.1) is 0 Å². The molecule has 2 N–H and O–H groups in total. The van der Waals surface area contributed by atoms with Crippen LogP contribution < -0.4 is 5.73 Å². The van der Waals surface area contributed by atoms with Gasteiger partial charge in [-0.2, -0.15) is 13.2 Å². The van der Waals surface area contributed by atoms with Crippen LogP contribution >= 0.6 is 0 Å². The molecule has 0 bridgehead atoms. The Bertz CT molecular complexity index is 622. The lowest BCUT2D eigenvalue weighted by molar-refractivity contribution is -0.141. The fraction of sp³-hybridized carbons (Fsp3) is 0.250. The zero-order valence-electron chi connectivity index (χ0n) is 10.7. The highest BCUT2D eigenvalue weighted by molar-refractivity contribution is 5.64. The Kier molecular flexibility index (Phi) is 4.10. The van der Waals surface area contributed by atoms with Gasteiger partial charge in [0.2, 0.25) is 0 Å². The SMILES string of the molecule is NC(=O)OCc1cn(Cc2ccc(C(F)(F)F)nc2)cn1. The van der Waals surface area contributed by atoms with Gasteiger partial charge < -0.3 is 15.0 Å². The van der Waals surface area contributed by atoms with Crippen molar-refractivity contribution in [3.63, 3.8) is 0 Å². The lowest BCUT2D eigenvalue weighted by Gasteiger charge is -2.06. The normalized spacial score (nSPS) is 11.4. The van der Waals surface area contributed by atoms with Crippen LogP contribution in [-0.2, 0) is 24.1 Å². The molecule has 0 aliphatic carbocycles. The molecule has 21 heavy (non-hydrogen) atoms. The van der Waals surface area contributed by atoms with E-state index >= 15 is 0 Å². The van der Waals surface area contributed by atoms with E-state index in [0.29, 0.717) is 17.8 Å². The third-order valence-electron chi connectivity index (χ3n) is 2.53. The maximum atomic E-state index is 12.4. The van der Waals surface area contributed by atoms with E-state index in [4.69, 9.17) is 5.73 Å². The van der Waals surface area contributed by atoms with E-state index < -0.39 is 18.0 Å². The molecule has 2 rings (SSSR count). The second-order valence-electron chi connectivity index (χ2n) is 4.19. The molecule has 0 aliphatic heterocycles. The quantitative estimate of drug-likeness (QED) is 0.935. The van der Waals surface area contributed by atoms with E-state index in [2.05, 4.69) is 14.7 Å². The standard InChI is InChI=1S/C12H11F3N4O2/c13-12(14,15)10-2-1-8(3-17-10)4-19-5-9(18-7-19)6-21-11(16)20/h1-3,5,7H,4,6H2,(H2,16,20). The number of hydrogen-bond donors (Lipinski definition) is 1. The molecule has 2 heterocycles. The van der Waals surface area contributed by atoms with Gasteiger partial charge >= 0.3 is 12.3 Å². The number of rotatable bonds is 4. The highest BCUT2D eigenvalue weighted by Gasteiger charge is 2.31. The molecule has 6 nitrogen and oxygen atoms in total. The van der Waals surface area contributed by atoms with E-state index in [1.54, 1.807) is 10.8 Å². The summed E-state index contributed by atoms with van der Waals surface area (Å²) in [6, 6.07) is 2.26. The monoisotopic (exact) mass is 300 g/mol. The van der Waals surface area contributed by atoms with Crippen molar-refractivity contribution in [3.05, 3.63) is 47.8 Å². The summed E-state index contributed by atoms with van der Waals surface area (Å²) in [5.74, 6) is 0. The summed E-state index contributed by atoms with van der Waals surface area (Å²) < 4.78 is 43.3. The Morgan fingerprint density at radius 2 is 2.10 bits per heavy atom. The topological polar surface area (TPSA) is 83.0 Å². The summed E-state index contributed by atoms with van der Waals surface area (Å²) in [5.41, 5.74) is 4.95. The first-order chi connectivity index (χ1) is 9.84. The number of hydrogen-bond acceptors (Lipinski definition) is 4. The van der Waals surface area contributed by atoms with E-state index in [1.165, 1.54) is 12.4 Å². The van der Waals surface area contributed by atoms with Crippen LogP contribution in [0.25, 0.3) is 0 Å². The number of pyridine rings is 1. The molecule has 0 radical (unpaired) electrons. The second-order valence-corrected chi connectivity index (χ2v) is 4.19. The molecule has 0 spiro atoms. The Hall–Kier alpha value is -2.58. The number of primary amides is 1. The van der Waals surface area contributed by atoms with Crippen molar-refractivity contribution in [2.24, 2.45) is 5.73 Å². The van der Waals surface area contributed by atoms with Crippen LogP contribution in [-0.4, -0.2) is 20.6 Å². The minimum Gasteiger partial charge on any atom is -0.443 e. The van der Waals surface area contributed by atoms with Gasteiger partial charge in [-0.25, -0.2) is 9.78 Å². The molecule has 1 amide bonds. The molecule has 0 fully saturated rings. The number of amides is 1. The summed E-state index contributed by atoms with van der Waals surface area (Å²) in [6.07, 6.45) is -1.14. The van der Waals surface area contributed by atoms with E-state index in [9.17, 15) is 18.0 Å². The zero-order valence-corrected chi connectivity index (χ0v) is 10.7. The first-order valence-electron chi connectivity index (χ1n) is 5.79. The highest BCUT2D eigenvalue weighted by Crippen LogP contribution is 2.27. The number of alkyl halides is 3. The predicted octanol–water partition coefficient (Wildman–Crippen LogP) is 1.94. The molecular formula is C12H11F3N4O2. The van der Waals surface area contributed by atoms with Crippen LogP contribution in [0.2, 0.25) is 0 Å². The van der Waals surface area contributed by atoms with Crippen LogP contribution in [0.15, 0.2) is 30.9 Å². The van der Waals surface area contributed by atoms with Crippen LogP contribution in [0.5, 0.6) is 0 Å². The number of nitrogens with zero attached hydrogens (tertiary/aromatic N) is 3. The third kappa shape index (κ3) is 4.20. The fourth-order valence-corrected chi connectivity index (χ4v) is 1.61. The van der Waals surface area contributed by atoms with Gasteiger partial charge in [0.05, 0.1) is 18.6 Å². The molecule has 112 valence electrons. The summed E-state index contributed by atoms with van der Waals surface area (Å²) in [6.45, 7) is 0.238. The van der Waals surface area contributed by atoms with Gasteiger partial charge in [-0.1, -0.05) is 6.07 Å². The average Bonchev–Trinajstić information content (AvgIpc) is 2.83. The van der Waals surface area contributed by atoms with Gasteiger partial charge in [0.25, 0.3) is 0 Å². The molecule has 2 aromatic heterocycles. The molecule has 0 saturated carbocycles. The maximum Gasteiger partial charge on any atom is 0.433 e. The lowest BCUT2D eigenvalue weighted by Crippen LogP contribution is -2.12. The largest absolute Gasteiger partial charge is 0.443 e. The molecule has 0 unspecified atom stereocenters. The van der Waals surface area contributed by atoms with Gasteiger partial charge in [0, 0.05) is 12.4 Å². The minimum atomic E-state index is -4.45. The summed E-state index contributed by atoms with van der Waals surface area (Å²) >= 11 is 0. The van der Waals surface area contributed by atoms with Crippen molar-refractivity contribution >= 4 is 6.09 Å². The first kappa shape index (κ1) is 14.8. The Balaban J connectivity index is 2.00. The number of halogens is 3. The number of aromatic nitrogens is 3. The highest BCUT2D eigenvalue weighted by atomic mass is 19.4. The summed E-state index contributed by atoms with van der Waals surface area (Å²) in [7, 11) is 0. The number of nitrogens with two attached hydrogens (primary N) is 1. The Morgan fingerprint density at radius 1 is 1.33 bits per heavy atom. The minimum absolute atomic E-state index is 0.0619. The van der Waals surface area contributed by atoms with Crippen molar-refractivity contribution in [2.45, 2.75) is 19.3 Å². The van der Waals surface area contributed by atoms with Gasteiger partial charge in [0.15, 0.2) is 0 Å². The van der Waals surface area contributed by atoms with Gasteiger partial charge in [0.1, 0.15) is 12.3 Å². The van der Waals surface area contributed by atoms with E-state index in [1.807, 2.05) is 0 Å². The lowest BCUT2D eigenvalue weighted by atomic mass is 10.2. The maximum absolute atomic E-state index is 12.4. The Morgan fingerprint density at radius 3 is 2.67 bits per heavy atom. The van der Waals surface area contributed by atoms with Crippen molar-refractivity contribution in [1.82, 2.24) is 14.5 Å². The second kappa shape index (κ2) is 5.81. The first-order valence-corrected chi connectivity index (χ1v) is 5.79. The van der Waals surface area contributed by atoms with Gasteiger partial charge in [-0.05, 0) is 11.6 Å². The molecular weight excluding hydrogens is 289 g/mol. The van der Waals surface area contributed by atoms with E-state index in [-0.39, 0.29) is 6.61 Å². The van der Waals surface area contributed by atoms with Gasteiger partial charge in [-0.15, -0.1) is 0 Å². The summed E-state index contributed by atoms with van der Waals surface area (Å²) in [4.78, 5) is 17.8. The number of ether oxygens (including phenoxy) is 1. The predicted molar refractivity (Wildman–Crippen MR) is 64.9 cm³/mol. The van der Waals surface area contributed by atoms with Crippen molar-refractivity contribution < 1.29 is 22.7 Å². The molecule has 9 heteroatoms. The van der Waals surface area contributed by atoms with Gasteiger partial charge in [-0.3, -0.25) is 4.98 Å². The molecule has 0 aliphatic rings. The Labute approximate surface area is 117 Å². The molecule has 0 saturated heterocycles. The van der Waals surface area contributed by atoms with Crippen molar-refractivity contribution in [2.75, 3.05) is 0 Å². The zero-order chi connectivity index (χ0) is 15.5. The smallest absolute Gasteiger partial charge is 0.433 e. The van der Waals surface area contributed by atoms with Crippen molar-refractivity contribution in [1.29, 1.82) is 0 Å². The van der Waals surface area contributed by atoms with Crippen LogP contribution in [0.1, 0.15) is 17.0 Å². The summed E-state index contributed by atoms with van der Waals surface area (Å²) in [5, 5.41) is 0. The molecule has 0 atom stereocenters.